The first kappa shape index (κ1) is 11.2. The van der Waals surface area contributed by atoms with Crippen LogP contribution in [0.3, 0.4) is 0 Å². The molecular formula is C18H18O. The minimum atomic E-state index is -0.738. The van der Waals surface area contributed by atoms with Crippen LogP contribution in [0.25, 0.3) is 0 Å². The molecule has 2 aliphatic carbocycles. The molecule has 2 atom stereocenters. The summed E-state index contributed by atoms with van der Waals surface area (Å²) >= 11 is 0. The third kappa shape index (κ3) is 1.19. The summed E-state index contributed by atoms with van der Waals surface area (Å²) in [5, 5.41) is 11.5. The fraction of sp³-hybridized carbons (Fsp3) is 0.333. The Hall–Kier alpha value is -1.60. The Balaban J connectivity index is 1.97. The molecule has 1 saturated carbocycles. The molecule has 0 saturated heterocycles. The van der Waals surface area contributed by atoms with E-state index in [9.17, 15) is 5.11 Å². The molecule has 0 aromatic heterocycles. The minimum absolute atomic E-state index is 0.0373. The van der Waals surface area contributed by atoms with Gasteiger partial charge in [0, 0.05) is 11.3 Å². The van der Waals surface area contributed by atoms with Gasteiger partial charge in [-0.25, -0.2) is 0 Å². The molecule has 19 heavy (non-hydrogen) atoms. The zero-order chi connectivity index (χ0) is 13.1. The molecular weight excluding hydrogens is 232 g/mol. The van der Waals surface area contributed by atoms with Crippen LogP contribution in [0.15, 0.2) is 54.6 Å². The van der Waals surface area contributed by atoms with Gasteiger partial charge >= 0.3 is 0 Å². The molecule has 0 amide bonds. The minimum Gasteiger partial charge on any atom is -0.384 e. The second-order valence-corrected chi connectivity index (χ2v) is 6.02. The highest BCUT2D eigenvalue weighted by Crippen LogP contribution is 2.69. The molecule has 0 radical (unpaired) electrons. The average molecular weight is 250 g/mol. The molecule has 1 nitrogen and oxygen atoms in total. The lowest BCUT2D eigenvalue weighted by molar-refractivity contribution is -0.0129. The molecule has 1 heteroatoms. The molecule has 2 aromatic rings. The summed E-state index contributed by atoms with van der Waals surface area (Å²) < 4.78 is 0. The van der Waals surface area contributed by atoms with Crippen LogP contribution in [0.5, 0.6) is 0 Å². The topological polar surface area (TPSA) is 20.2 Å². The summed E-state index contributed by atoms with van der Waals surface area (Å²) in [4.78, 5) is 0. The number of aliphatic hydroxyl groups is 1. The van der Waals surface area contributed by atoms with Gasteiger partial charge < -0.3 is 5.11 Å². The van der Waals surface area contributed by atoms with Crippen LogP contribution in [0, 0.1) is 0 Å². The van der Waals surface area contributed by atoms with Crippen LogP contribution < -0.4 is 0 Å². The molecule has 0 heterocycles. The van der Waals surface area contributed by atoms with Crippen molar-refractivity contribution in [2.75, 3.05) is 0 Å². The van der Waals surface area contributed by atoms with E-state index in [1.165, 1.54) is 11.1 Å². The normalized spacial score (nSPS) is 30.3. The predicted octanol–water partition coefficient (Wildman–Crippen LogP) is 3.72. The van der Waals surface area contributed by atoms with E-state index in [1.807, 2.05) is 18.2 Å². The summed E-state index contributed by atoms with van der Waals surface area (Å²) in [6, 6.07) is 18.8. The van der Waals surface area contributed by atoms with Crippen molar-refractivity contribution in [2.45, 2.75) is 36.7 Å². The maximum absolute atomic E-state index is 11.5. The Kier molecular flexibility index (Phi) is 2.06. The molecule has 4 rings (SSSR count). The van der Waals surface area contributed by atoms with Gasteiger partial charge in [-0.1, -0.05) is 61.5 Å². The molecule has 0 unspecified atom stereocenters. The molecule has 0 bridgehead atoms. The van der Waals surface area contributed by atoms with Crippen molar-refractivity contribution in [3.8, 4) is 0 Å². The van der Waals surface area contributed by atoms with Gasteiger partial charge in [0.05, 0.1) is 0 Å². The summed E-state index contributed by atoms with van der Waals surface area (Å²) in [6.07, 6.45) is 2.19. The fourth-order valence-corrected chi connectivity index (χ4v) is 4.15. The highest BCUT2D eigenvalue weighted by molar-refractivity contribution is 5.55. The van der Waals surface area contributed by atoms with Crippen molar-refractivity contribution < 1.29 is 5.11 Å². The Labute approximate surface area is 113 Å². The van der Waals surface area contributed by atoms with E-state index in [1.54, 1.807) is 0 Å². The van der Waals surface area contributed by atoms with E-state index in [4.69, 9.17) is 0 Å². The number of hydrogen-bond acceptors (Lipinski definition) is 1. The third-order valence-corrected chi connectivity index (χ3v) is 5.26. The average Bonchev–Trinajstić information content (AvgIpc) is 3.25. The summed E-state index contributed by atoms with van der Waals surface area (Å²) in [5.74, 6) is 0.161. The largest absolute Gasteiger partial charge is 0.384 e. The van der Waals surface area contributed by atoms with Crippen molar-refractivity contribution in [3.05, 3.63) is 71.3 Å². The summed E-state index contributed by atoms with van der Waals surface area (Å²) in [5.41, 5.74) is 2.99. The number of benzene rings is 2. The van der Waals surface area contributed by atoms with Crippen LogP contribution in [-0.2, 0) is 11.0 Å². The number of hydrogen-bond donors (Lipinski definition) is 1. The molecule has 1 fully saturated rings. The second-order valence-electron chi connectivity index (χ2n) is 6.02. The first-order chi connectivity index (χ1) is 9.20. The molecule has 96 valence electrons. The molecule has 2 aliphatic rings. The van der Waals surface area contributed by atoms with E-state index in [2.05, 4.69) is 43.3 Å². The zero-order valence-corrected chi connectivity index (χ0v) is 11.1. The Morgan fingerprint density at radius 2 is 1.58 bits per heavy atom. The summed E-state index contributed by atoms with van der Waals surface area (Å²) in [7, 11) is 0. The highest BCUT2D eigenvalue weighted by atomic mass is 16.3. The van der Waals surface area contributed by atoms with E-state index in [0.717, 1.165) is 18.4 Å². The SMILES string of the molecule is C[C@@H]1c2ccccc2C2(CC2)[C@]1(O)c1ccccc1. The third-order valence-electron chi connectivity index (χ3n) is 5.26. The molecule has 1 spiro atoms. The maximum atomic E-state index is 11.5. The van der Waals surface area contributed by atoms with Gasteiger partial charge in [-0.3, -0.25) is 0 Å². The smallest absolute Gasteiger partial charge is 0.106 e. The summed E-state index contributed by atoms with van der Waals surface area (Å²) in [6.45, 7) is 2.17. The molecule has 0 aliphatic heterocycles. The first-order valence-corrected chi connectivity index (χ1v) is 7.07. The van der Waals surface area contributed by atoms with E-state index in [-0.39, 0.29) is 11.3 Å². The second kappa shape index (κ2) is 3.49. The van der Waals surface area contributed by atoms with E-state index < -0.39 is 5.60 Å². The zero-order valence-electron chi connectivity index (χ0n) is 11.1. The molecule has 2 aromatic carbocycles. The van der Waals surface area contributed by atoms with E-state index >= 15 is 0 Å². The fourth-order valence-electron chi connectivity index (χ4n) is 4.15. The number of rotatable bonds is 1. The van der Waals surface area contributed by atoms with Crippen molar-refractivity contribution >= 4 is 0 Å². The lowest BCUT2D eigenvalue weighted by Gasteiger charge is -2.35. The lowest BCUT2D eigenvalue weighted by Crippen LogP contribution is -2.38. The van der Waals surface area contributed by atoms with Gasteiger partial charge in [0.25, 0.3) is 0 Å². The van der Waals surface area contributed by atoms with Crippen molar-refractivity contribution in [1.29, 1.82) is 0 Å². The van der Waals surface area contributed by atoms with Gasteiger partial charge in [0.2, 0.25) is 0 Å². The van der Waals surface area contributed by atoms with Crippen LogP contribution in [-0.4, -0.2) is 5.11 Å². The Morgan fingerprint density at radius 3 is 2.26 bits per heavy atom. The van der Waals surface area contributed by atoms with Crippen molar-refractivity contribution in [2.24, 2.45) is 0 Å². The van der Waals surface area contributed by atoms with Gasteiger partial charge in [-0.05, 0) is 29.5 Å². The van der Waals surface area contributed by atoms with Gasteiger partial charge in [-0.2, -0.15) is 0 Å². The van der Waals surface area contributed by atoms with Crippen LogP contribution in [0.4, 0.5) is 0 Å². The van der Waals surface area contributed by atoms with E-state index in [0.29, 0.717) is 0 Å². The van der Waals surface area contributed by atoms with Crippen LogP contribution in [0.1, 0.15) is 42.4 Å². The predicted molar refractivity (Wildman–Crippen MR) is 76.1 cm³/mol. The van der Waals surface area contributed by atoms with Gasteiger partial charge in [0.1, 0.15) is 5.60 Å². The molecule has 1 N–H and O–H groups in total. The quantitative estimate of drug-likeness (QED) is 0.817. The van der Waals surface area contributed by atoms with Crippen molar-refractivity contribution in [1.82, 2.24) is 0 Å². The van der Waals surface area contributed by atoms with Gasteiger partial charge in [0.15, 0.2) is 0 Å². The lowest BCUT2D eigenvalue weighted by atomic mass is 9.75. The van der Waals surface area contributed by atoms with Crippen LogP contribution >= 0.6 is 0 Å². The Bertz CT molecular complexity index is 627. The maximum Gasteiger partial charge on any atom is 0.106 e. The Morgan fingerprint density at radius 1 is 0.947 bits per heavy atom. The van der Waals surface area contributed by atoms with Crippen molar-refractivity contribution in [3.63, 3.8) is 0 Å². The van der Waals surface area contributed by atoms with Gasteiger partial charge in [-0.15, -0.1) is 0 Å². The highest BCUT2D eigenvalue weighted by Gasteiger charge is 2.67. The standard InChI is InChI=1S/C18H18O/c1-13-15-9-5-6-10-16(15)17(11-12-17)18(13,19)14-7-3-2-4-8-14/h2-10,13,19H,11-12H2,1H3/t13-,18-/m1/s1. The first-order valence-electron chi connectivity index (χ1n) is 7.07. The van der Waals surface area contributed by atoms with Crippen LogP contribution in [0.2, 0.25) is 0 Å². The number of fused-ring (bicyclic) bond motifs is 2. The monoisotopic (exact) mass is 250 g/mol.